The molecule has 3 aromatic rings. The fourth-order valence-electron chi connectivity index (χ4n) is 2.33. The molecule has 1 heterocycles. The highest BCUT2D eigenvalue weighted by atomic mass is 32.1. The van der Waals surface area contributed by atoms with E-state index in [1.807, 2.05) is 24.3 Å². The van der Waals surface area contributed by atoms with Crippen LogP contribution in [0.1, 0.15) is 5.01 Å². The van der Waals surface area contributed by atoms with E-state index in [2.05, 4.69) is 15.6 Å². The number of nitrogens with one attached hydrogen (secondary N) is 2. The minimum absolute atomic E-state index is 0.00885. The van der Waals surface area contributed by atoms with Gasteiger partial charge in [0.15, 0.2) is 0 Å². The van der Waals surface area contributed by atoms with Crippen LogP contribution in [-0.4, -0.2) is 28.9 Å². The third-order valence-electron chi connectivity index (χ3n) is 3.53. The second-order valence-corrected chi connectivity index (χ2v) is 6.41. The van der Waals surface area contributed by atoms with Crippen molar-refractivity contribution in [3.8, 4) is 0 Å². The predicted molar refractivity (Wildman–Crippen MR) is 103 cm³/mol. The summed E-state index contributed by atoms with van der Waals surface area (Å²) in [5.41, 5.74) is 1.34. The van der Waals surface area contributed by atoms with Gasteiger partial charge in [-0.15, -0.1) is 11.3 Å². The van der Waals surface area contributed by atoms with E-state index in [1.54, 1.807) is 24.3 Å². The second kappa shape index (κ2) is 8.21. The molecule has 1 amide bonds. The van der Waals surface area contributed by atoms with E-state index in [9.17, 15) is 14.9 Å². The Bertz CT molecular complexity index is 935. The first-order chi connectivity index (χ1) is 12.6. The van der Waals surface area contributed by atoms with Gasteiger partial charge in [-0.25, -0.2) is 4.98 Å². The SMILES string of the molecule is O=C(/C=C/c1nc2ccccc2s1)NCCNc1ccccc1[N+](=O)[O-]. The highest BCUT2D eigenvalue weighted by molar-refractivity contribution is 7.19. The summed E-state index contributed by atoms with van der Waals surface area (Å²) in [6.07, 6.45) is 3.11. The molecular formula is C18H16N4O3S. The van der Waals surface area contributed by atoms with Gasteiger partial charge < -0.3 is 10.6 Å². The molecular weight excluding hydrogens is 352 g/mol. The Morgan fingerprint density at radius 3 is 2.73 bits per heavy atom. The van der Waals surface area contributed by atoms with E-state index in [1.165, 1.54) is 23.5 Å². The Balaban J connectivity index is 1.48. The molecule has 0 spiro atoms. The zero-order valence-electron chi connectivity index (χ0n) is 13.7. The number of nitro groups is 1. The summed E-state index contributed by atoms with van der Waals surface area (Å²) in [4.78, 5) is 26.8. The molecule has 132 valence electrons. The fraction of sp³-hybridized carbons (Fsp3) is 0.111. The molecule has 26 heavy (non-hydrogen) atoms. The van der Waals surface area contributed by atoms with Gasteiger partial charge in [0, 0.05) is 25.2 Å². The number of amides is 1. The number of carbonyl (C=O) groups excluding carboxylic acids is 1. The maximum atomic E-state index is 11.9. The number of nitro benzene ring substituents is 1. The van der Waals surface area contributed by atoms with Gasteiger partial charge in [-0.05, 0) is 24.3 Å². The van der Waals surface area contributed by atoms with Crippen molar-refractivity contribution < 1.29 is 9.72 Å². The predicted octanol–water partition coefficient (Wildman–Crippen LogP) is 3.45. The number of fused-ring (bicyclic) bond motifs is 1. The molecule has 8 heteroatoms. The molecule has 1 aromatic heterocycles. The van der Waals surface area contributed by atoms with Gasteiger partial charge in [0.25, 0.3) is 5.69 Å². The Morgan fingerprint density at radius 1 is 1.15 bits per heavy atom. The molecule has 0 saturated carbocycles. The second-order valence-electron chi connectivity index (χ2n) is 5.35. The van der Waals surface area contributed by atoms with Crippen LogP contribution in [0.4, 0.5) is 11.4 Å². The summed E-state index contributed by atoms with van der Waals surface area (Å²) in [6.45, 7) is 0.723. The van der Waals surface area contributed by atoms with Crippen molar-refractivity contribution >= 4 is 44.9 Å². The van der Waals surface area contributed by atoms with E-state index in [-0.39, 0.29) is 11.6 Å². The number of carbonyl (C=O) groups is 1. The van der Waals surface area contributed by atoms with Crippen molar-refractivity contribution in [2.45, 2.75) is 0 Å². The average molecular weight is 368 g/mol. The lowest BCUT2D eigenvalue weighted by Crippen LogP contribution is -2.27. The van der Waals surface area contributed by atoms with Gasteiger partial charge in [-0.3, -0.25) is 14.9 Å². The summed E-state index contributed by atoms with van der Waals surface area (Å²) < 4.78 is 1.07. The number of benzene rings is 2. The van der Waals surface area contributed by atoms with E-state index < -0.39 is 4.92 Å². The van der Waals surface area contributed by atoms with Crippen LogP contribution in [0.15, 0.2) is 54.6 Å². The molecule has 2 aromatic carbocycles. The number of hydrogen-bond acceptors (Lipinski definition) is 6. The lowest BCUT2D eigenvalue weighted by atomic mass is 10.2. The van der Waals surface area contributed by atoms with Crippen LogP contribution in [-0.2, 0) is 4.79 Å². The van der Waals surface area contributed by atoms with Gasteiger partial charge in [0.1, 0.15) is 10.7 Å². The van der Waals surface area contributed by atoms with Crippen molar-refractivity contribution in [1.29, 1.82) is 0 Å². The van der Waals surface area contributed by atoms with E-state index in [0.717, 1.165) is 15.2 Å². The van der Waals surface area contributed by atoms with E-state index in [0.29, 0.717) is 18.8 Å². The maximum absolute atomic E-state index is 11.9. The monoisotopic (exact) mass is 368 g/mol. The molecule has 0 aliphatic carbocycles. The Kier molecular flexibility index (Phi) is 5.55. The van der Waals surface area contributed by atoms with Crippen LogP contribution in [0.5, 0.6) is 0 Å². The van der Waals surface area contributed by atoms with Crippen LogP contribution >= 0.6 is 11.3 Å². The third kappa shape index (κ3) is 4.42. The molecule has 0 aliphatic rings. The van der Waals surface area contributed by atoms with Crippen molar-refractivity contribution in [1.82, 2.24) is 10.3 Å². The molecule has 0 aliphatic heterocycles. The first-order valence-corrected chi connectivity index (χ1v) is 8.74. The molecule has 0 bridgehead atoms. The van der Waals surface area contributed by atoms with Crippen molar-refractivity contribution in [2.24, 2.45) is 0 Å². The Morgan fingerprint density at radius 2 is 1.92 bits per heavy atom. The third-order valence-corrected chi connectivity index (χ3v) is 4.53. The van der Waals surface area contributed by atoms with Gasteiger partial charge >= 0.3 is 0 Å². The normalized spacial score (nSPS) is 10.9. The van der Waals surface area contributed by atoms with Gasteiger partial charge in [0.2, 0.25) is 5.91 Å². The van der Waals surface area contributed by atoms with Crippen LogP contribution in [0.3, 0.4) is 0 Å². The zero-order valence-corrected chi connectivity index (χ0v) is 14.5. The number of anilines is 1. The van der Waals surface area contributed by atoms with E-state index in [4.69, 9.17) is 0 Å². The standard InChI is InChI=1S/C18H16N4O3S/c23-17(9-10-18-21-14-6-2-4-8-16(14)26-18)20-12-11-19-13-5-1-3-7-15(13)22(24)25/h1-10,19H,11-12H2,(H,20,23)/b10-9+. The zero-order chi connectivity index (χ0) is 18.4. The van der Waals surface area contributed by atoms with Crippen molar-refractivity contribution in [3.05, 3.63) is 69.7 Å². The van der Waals surface area contributed by atoms with Crippen LogP contribution in [0.2, 0.25) is 0 Å². The molecule has 0 atom stereocenters. The minimum Gasteiger partial charge on any atom is -0.378 e. The molecule has 3 rings (SSSR count). The van der Waals surface area contributed by atoms with Gasteiger partial charge in [-0.2, -0.15) is 0 Å². The first kappa shape index (κ1) is 17.6. The number of para-hydroxylation sites is 3. The summed E-state index contributed by atoms with van der Waals surface area (Å²) in [6, 6.07) is 14.2. The molecule has 0 fully saturated rings. The molecule has 0 radical (unpaired) electrons. The maximum Gasteiger partial charge on any atom is 0.292 e. The van der Waals surface area contributed by atoms with Crippen LogP contribution in [0, 0.1) is 10.1 Å². The number of nitrogens with zero attached hydrogens (tertiary/aromatic N) is 2. The number of rotatable bonds is 7. The molecule has 7 nitrogen and oxygen atoms in total. The lowest BCUT2D eigenvalue weighted by Gasteiger charge is -2.07. The fourth-order valence-corrected chi connectivity index (χ4v) is 3.20. The summed E-state index contributed by atoms with van der Waals surface area (Å²) in [5.74, 6) is -0.242. The largest absolute Gasteiger partial charge is 0.378 e. The number of thiazole rings is 1. The Hall–Kier alpha value is -3.26. The first-order valence-electron chi connectivity index (χ1n) is 7.92. The quantitative estimate of drug-likeness (QED) is 0.288. The number of aromatic nitrogens is 1. The average Bonchev–Trinajstić information content (AvgIpc) is 3.07. The summed E-state index contributed by atoms with van der Waals surface area (Å²) in [7, 11) is 0. The van der Waals surface area contributed by atoms with Crippen LogP contribution < -0.4 is 10.6 Å². The molecule has 0 saturated heterocycles. The topological polar surface area (TPSA) is 97.2 Å². The van der Waals surface area contributed by atoms with E-state index >= 15 is 0 Å². The number of hydrogen-bond donors (Lipinski definition) is 2. The van der Waals surface area contributed by atoms with Gasteiger partial charge in [0.05, 0.1) is 15.1 Å². The highest BCUT2D eigenvalue weighted by Gasteiger charge is 2.11. The Labute approximate surface area is 153 Å². The highest BCUT2D eigenvalue weighted by Crippen LogP contribution is 2.23. The van der Waals surface area contributed by atoms with Crippen molar-refractivity contribution in [2.75, 3.05) is 18.4 Å². The summed E-state index contributed by atoms with van der Waals surface area (Å²) in [5, 5.41) is 17.4. The lowest BCUT2D eigenvalue weighted by molar-refractivity contribution is -0.384. The van der Waals surface area contributed by atoms with Crippen molar-refractivity contribution in [3.63, 3.8) is 0 Å². The molecule has 2 N–H and O–H groups in total. The smallest absolute Gasteiger partial charge is 0.292 e. The molecule has 0 unspecified atom stereocenters. The minimum atomic E-state index is -0.443. The van der Waals surface area contributed by atoms with Gasteiger partial charge in [-0.1, -0.05) is 24.3 Å². The summed E-state index contributed by atoms with van der Waals surface area (Å²) >= 11 is 1.52. The van der Waals surface area contributed by atoms with Crippen LogP contribution in [0.25, 0.3) is 16.3 Å².